The van der Waals surface area contributed by atoms with E-state index in [2.05, 4.69) is 12.1 Å². The van der Waals surface area contributed by atoms with Crippen LogP contribution in [-0.2, 0) is 6.42 Å². The van der Waals surface area contributed by atoms with E-state index in [0.717, 1.165) is 29.8 Å². The third kappa shape index (κ3) is 3.31. The molecule has 0 spiro atoms. The van der Waals surface area contributed by atoms with Gasteiger partial charge in [0.1, 0.15) is 5.82 Å². The molecule has 0 aliphatic carbocycles. The molecule has 2 amide bonds. The molecule has 1 fully saturated rings. The zero-order chi connectivity index (χ0) is 18.8. The van der Waals surface area contributed by atoms with Gasteiger partial charge in [-0.2, -0.15) is 5.26 Å². The Morgan fingerprint density at radius 2 is 1.67 bits per heavy atom. The summed E-state index contributed by atoms with van der Waals surface area (Å²) in [4.78, 5) is 16.7. The summed E-state index contributed by atoms with van der Waals surface area (Å²) in [5.41, 5.74) is 4.60. The molecule has 136 valence electrons. The van der Waals surface area contributed by atoms with Crippen LogP contribution in [0.15, 0.2) is 54.1 Å². The Morgan fingerprint density at radius 1 is 0.963 bits per heavy atom. The van der Waals surface area contributed by atoms with Gasteiger partial charge < -0.3 is 4.90 Å². The quantitative estimate of drug-likeness (QED) is 0.708. The summed E-state index contributed by atoms with van der Waals surface area (Å²) in [5, 5.41) is 9.57. The summed E-state index contributed by atoms with van der Waals surface area (Å²) in [5.74, 6) is -0.313. The van der Waals surface area contributed by atoms with Gasteiger partial charge in [0, 0.05) is 25.3 Å². The van der Waals surface area contributed by atoms with Crippen molar-refractivity contribution in [2.24, 2.45) is 0 Å². The van der Waals surface area contributed by atoms with Gasteiger partial charge in [0.2, 0.25) is 0 Å². The predicted molar refractivity (Wildman–Crippen MR) is 103 cm³/mol. The summed E-state index contributed by atoms with van der Waals surface area (Å²) in [6, 6.07) is 16.4. The number of rotatable bonds is 1. The highest BCUT2D eigenvalue weighted by molar-refractivity contribution is 5.94. The van der Waals surface area contributed by atoms with Crippen LogP contribution in [0.1, 0.15) is 24.0 Å². The monoisotopic (exact) mass is 361 g/mol. The first-order chi connectivity index (χ1) is 13.2. The Balaban J connectivity index is 1.48. The first-order valence-electron chi connectivity index (χ1n) is 9.20. The zero-order valence-corrected chi connectivity index (χ0v) is 15.0. The number of likely N-dealkylation sites (tertiary alicyclic amines) is 1. The molecule has 2 aromatic carbocycles. The average molecular weight is 361 g/mol. The van der Waals surface area contributed by atoms with Crippen LogP contribution in [0.2, 0.25) is 0 Å². The molecule has 0 atom stereocenters. The summed E-state index contributed by atoms with van der Waals surface area (Å²) >= 11 is 0. The lowest BCUT2D eigenvalue weighted by molar-refractivity contribution is 0.201. The minimum absolute atomic E-state index is 0.0410. The molecule has 5 heteroatoms. The number of urea groups is 1. The van der Waals surface area contributed by atoms with Crippen molar-refractivity contribution in [2.75, 3.05) is 24.5 Å². The van der Waals surface area contributed by atoms with Crippen LogP contribution in [-0.4, -0.2) is 30.6 Å². The predicted octanol–water partition coefficient (Wildman–Crippen LogP) is 4.38. The van der Waals surface area contributed by atoms with Crippen molar-refractivity contribution in [3.63, 3.8) is 0 Å². The number of amides is 2. The van der Waals surface area contributed by atoms with Crippen molar-refractivity contribution in [1.29, 1.82) is 5.26 Å². The molecule has 4 rings (SSSR count). The number of fused-ring (bicyclic) bond motifs is 1. The average Bonchev–Trinajstić information content (AvgIpc) is 3.14. The normalized spacial score (nSPS) is 16.1. The van der Waals surface area contributed by atoms with E-state index in [9.17, 15) is 14.4 Å². The molecule has 2 aromatic rings. The SMILES string of the molecule is N#CC(=C1CCN(C(=O)N2CCc3ccccc32)CC1)c1ccc(F)cc1. The molecule has 0 unspecified atom stereocenters. The molecule has 4 nitrogen and oxygen atoms in total. The molecule has 0 radical (unpaired) electrons. The van der Waals surface area contributed by atoms with Crippen molar-refractivity contribution >= 4 is 17.3 Å². The number of para-hydroxylation sites is 1. The van der Waals surface area contributed by atoms with E-state index >= 15 is 0 Å². The Hall–Kier alpha value is -3.13. The fourth-order valence-corrected chi connectivity index (χ4v) is 3.89. The van der Waals surface area contributed by atoms with Crippen LogP contribution >= 0.6 is 0 Å². The maximum absolute atomic E-state index is 13.1. The van der Waals surface area contributed by atoms with E-state index in [0.29, 0.717) is 31.5 Å². The van der Waals surface area contributed by atoms with Crippen LogP contribution in [0.4, 0.5) is 14.9 Å². The van der Waals surface area contributed by atoms with Gasteiger partial charge in [-0.1, -0.05) is 30.3 Å². The number of carbonyl (C=O) groups is 1. The second-order valence-electron chi connectivity index (χ2n) is 6.90. The maximum atomic E-state index is 13.1. The molecule has 1 saturated heterocycles. The lowest BCUT2D eigenvalue weighted by Gasteiger charge is -2.32. The lowest BCUT2D eigenvalue weighted by Crippen LogP contribution is -2.45. The van der Waals surface area contributed by atoms with Gasteiger partial charge in [-0.25, -0.2) is 9.18 Å². The number of benzene rings is 2. The van der Waals surface area contributed by atoms with E-state index < -0.39 is 0 Å². The Labute approximate surface area is 158 Å². The molecule has 0 bridgehead atoms. The fourth-order valence-electron chi connectivity index (χ4n) is 3.89. The van der Waals surface area contributed by atoms with Crippen molar-refractivity contribution in [2.45, 2.75) is 19.3 Å². The number of nitrogens with zero attached hydrogens (tertiary/aromatic N) is 3. The van der Waals surface area contributed by atoms with Gasteiger partial charge in [-0.3, -0.25) is 4.90 Å². The molecule has 27 heavy (non-hydrogen) atoms. The van der Waals surface area contributed by atoms with Crippen LogP contribution in [0, 0.1) is 17.1 Å². The number of carbonyl (C=O) groups excluding carboxylic acids is 1. The van der Waals surface area contributed by atoms with Gasteiger partial charge in [-0.05, 0) is 54.2 Å². The van der Waals surface area contributed by atoms with Crippen LogP contribution < -0.4 is 4.90 Å². The van der Waals surface area contributed by atoms with E-state index in [1.807, 2.05) is 28.0 Å². The summed E-state index contributed by atoms with van der Waals surface area (Å²) in [6.45, 7) is 1.91. The van der Waals surface area contributed by atoms with E-state index in [1.165, 1.54) is 17.7 Å². The van der Waals surface area contributed by atoms with E-state index in [4.69, 9.17) is 0 Å². The van der Waals surface area contributed by atoms with Gasteiger partial charge in [0.25, 0.3) is 0 Å². The van der Waals surface area contributed by atoms with Crippen LogP contribution in [0.3, 0.4) is 0 Å². The third-order valence-corrected chi connectivity index (χ3v) is 5.35. The summed E-state index contributed by atoms with van der Waals surface area (Å²) in [7, 11) is 0. The standard InChI is InChI=1S/C22H20FN3O/c23-19-7-5-16(6-8-19)20(15-24)17-9-12-25(13-10-17)22(27)26-14-11-18-3-1-2-4-21(18)26/h1-8H,9-14H2. The number of piperidine rings is 1. The molecule has 0 saturated carbocycles. The third-order valence-electron chi connectivity index (χ3n) is 5.35. The first kappa shape index (κ1) is 17.3. The number of hydrogen-bond acceptors (Lipinski definition) is 2. The zero-order valence-electron chi connectivity index (χ0n) is 15.0. The minimum Gasteiger partial charge on any atom is -0.324 e. The largest absolute Gasteiger partial charge is 0.324 e. The van der Waals surface area contributed by atoms with E-state index in [-0.39, 0.29) is 11.8 Å². The topological polar surface area (TPSA) is 47.3 Å². The number of halogens is 1. The summed E-state index contributed by atoms with van der Waals surface area (Å²) < 4.78 is 13.1. The van der Waals surface area contributed by atoms with Gasteiger partial charge in [0.05, 0.1) is 11.6 Å². The fraction of sp³-hybridized carbons (Fsp3) is 0.273. The first-order valence-corrected chi connectivity index (χ1v) is 9.20. The highest BCUT2D eigenvalue weighted by Crippen LogP contribution is 2.31. The van der Waals surface area contributed by atoms with Crippen molar-refractivity contribution in [3.8, 4) is 6.07 Å². The smallest absolute Gasteiger partial charge is 0.324 e. The van der Waals surface area contributed by atoms with Crippen molar-refractivity contribution in [1.82, 2.24) is 4.90 Å². The van der Waals surface area contributed by atoms with Gasteiger partial charge in [-0.15, -0.1) is 0 Å². The lowest BCUT2D eigenvalue weighted by atomic mass is 9.94. The molecule has 2 heterocycles. The van der Waals surface area contributed by atoms with Crippen LogP contribution in [0.25, 0.3) is 5.57 Å². The maximum Gasteiger partial charge on any atom is 0.324 e. The second kappa shape index (κ2) is 7.24. The molecule has 2 aliphatic heterocycles. The number of anilines is 1. The Kier molecular flexibility index (Phi) is 4.64. The van der Waals surface area contributed by atoms with Gasteiger partial charge in [0.15, 0.2) is 0 Å². The molecular formula is C22H20FN3O. The number of nitriles is 1. The Morgan fingerprint density at radius 3 is 2.37 bits per heavy atom. The van der Waals surface area contributed by atoms with Crippen molar-refractivity contribution in [3.05, 3.63) is 71.0 Å². The highest BCUT2D eigenvalue weighted by Gasteiger charge is 2.30. The van der Waals surface area contributed by atoms with E-state index in [1.54, 1.807) is 12.1 Å². The number of hydrogen-bond donors (Lipinski definition) is 0. The Bertz CT molecular complexity index is 933. The molecule has 2 aliphatic rings. The number of allylic oxidation sites excluding steroid dienone is 1. The highest BCUT2D eigenvalue weighted by atomic mass is 19.1. The molecular weight excluding hydrogens is 341 g/mol. The second-order valence-corrected chi connectivity index (χ2v) is 6.90. The van der Waals surface area contributed by atoms with Crippen LogP contribution in [0.5, 0.6) is 0 Å². The molecule has 0 aromatic heterocycles. The minimum atomic E-state index is -0.313. The van der Waals surface area contributed by atoms with Crippen molar-refractivity contribution < 1.29 is 9.18 Å². The molecule has 0 N–H and O–H groups in total. The van der Waals surface area contributed by atoms with Gasteiger partial charge >= 0.3 is 6.03 Å². The summed E-state index contributed by atoms with van der Waals surface area (Å²) in [6.07, 6.45) is 2.23.